The number of nitrogens with one attached hydrogen (secondary N) is 1. The number of carbonyl (C=O) groups excluding carboxylic acids is 3. The third kappa shape index (κ3) is 5.68. The summed E-state index contributed by atoms with van der Waals surface area (Å²) in [5, 5.41) is 2.72. The fourth-order valence-electron chi connectivity index (χ4n) is 3.39. The maximum absolute atomic E-state index is 12.8. The first-order valence-corrected chi connectivity index (χ1v) is 10.2. The Hall–Kier alpha value is -3.77. The number of ketones is 1. The highest BCUT2D eigenvalue weighted by atomic mass is 16.5. The van der Waals surface area contributed by atoms with Crippen LogP contribution < -0.4 is 5.32 Å². The minimum Gasteiger partial charge on any atom is -0.467 e. The smallest absolute Gasteiger partial charge is 0.328 e. The normalized spacial score (nSPS) is 12.4. The molecule has 6 nitrogen and oxygen atoms in total. The quantitative estimate of drug-likeness (QED) is 0.414. The lowest BCUT2D eigenvalue weighted by Crippen LogP contribution is -2.45. The highest BCUT2D eigenvalue weighted by Gasteiger charge is 2.27. The fraction of sp³-hybridized carbons (Fsp3) is 0.192. The average molecular weight is 431 g/mol. The van der Waals surface area contributed by atoms with Crippen molar-refractivity contribution in [2.24, 2.45) is 0 Å². The van der Waals surface area contributed by atoms with Gasteiger partial charge in [0.15, 0.2) is 11.9 Å². The first-order chi connectivity index (χ1) is 15.5. The maximum Gasteiger partial charge on any atom is 0.328 e. The lowest BCUT2D eigenvalue weighted by molar-refractivity contribution is -0.146. The summed E-state index contributed by atoms with van der Waals surface area (Å²) in [4.78, 5) is 37.7. The van der Waals surface area contributed by atoms with Gasteiger partial charge in [-0.1, -0.05) is 84.9 Å². The molecule has 0 heterocycles. The third-order valence-electron chi connectivity index (χ3n) is 5.07. The average Bonchev–Trinajstić information content (AvgIpc) is 2.85. The van der Waals surface area contributed by atoms with Gasteiger partial charge in [0.2, 0.25) is 0 Å². The molecule has 2 atom stereocenters. The number of carbonyl (C=O) groups is 3. The lowest BCUT2D eigenvalue weighted by Gasteiger charge is -2.21. The van der Waals surface area contributed by atoms with Gasteiger partial charge in [0.1, 0.15) is 6.04 Å². The van der Waals surface area contributed by atoms with Crippen LogP contribution >= 0.6 is 0 Å². The van der Waals surface area contributed by atoms with E-state index in [0.29, 0.717) is 16.7 Å². The largest absolute Gasteiger partial charge is 0.467 e. The molecule has 3 aromatic rings. The summed E-state index contributed by atoms with van der Waals surface area (Å²) in [7, 11) is 2.71. The van der Waals surface area contributed by atoms with Gasteiger partial charge in [-0.15, -0.1) is 0 Å². The van der Waals surface area contributed by atoms with Crippen molar-refractivity contribution in [1.29, 1.82) is 0 Å². The Balaban J connectivity index is 1.72. The zero-order chi connectivity index (χ0) is 22.9. The molecule has 1 amide bonds. The monoisotopic (exact) mass is 431 g/mol. The Morgan fingerprint density at radius 1 is 0.781 bits per heavy atom. The molecule has 0 spiro atoms. The Morgan fingerprint density at radius 2 is 1.34 bits per heavy atom. The van der Waals surface area contributed by atoms with Crippen molar-refractivity contribution < 1.29 is 23.9 Å². The predicted molar refractivity (Wildman–Crippen MR) is 120 cm³/mol. The molecule has 0 aliphatic carbocycles. The summed E-state index contributed by atoms with van der Waals surface area (Å²) in [6.45, 7) is 0. The molecular formula is C26H25NO5. The van der Waals surface area contributed by atoms with Crippen LogP contribution in [0.25, 0.3) is 0 Å². The van der Waals surface area contributed by atoms with Crippen LogP contribution in [0.4, 0.5) is 0 Å². The summed E-state index contributed by atoms with van der Waals surface area (Å²) in [5.41, 5.74) is 2.60. The van der Waals surface area contributed by atoms with Crippen molar-refractivity contribution in [2.75, 3.05) is 14.2 Å². The Morgan fingerprint density at radius 3 is 1.91 bits per heavy atom. The zero-order valence-corrected chi connectivity index (χ0v) is 18.0. The number of amides is 1. The molecular weight excluding hydrogens is 406 g/mol. The number of ether oxygens (including phenoxy) is 2. The van der Waals surface area contributed by atoms with E-state index in [1.807, 2.05) is 36.4 Å². The van der Waals surface area contributed by atoms with Crippen molar-refractivity contribution in [3.05, 3.63) is 107 Å². The Labute approximate surface area is 187 Å². The number of esters is 1. The standard InChI is InChI=1S/C26H25NO5/c1-31-24(21-11-7-4-8-12-21)25(29)27-22(26(30)32-2)17-18-13-15-20(16-14-18)23(28)19-9-5-3-6-10-19/h3-16,22,24H,17H2,1-2H3,(H,27,29)/t22-,24-/m1/s1. The van der Waals surface area contributed by atoms with Gasteiger partial charge in [-0.3, -0.25) is 9.59 Å². The molecule has 0 saturated heterocycles. The van der Waals surface area contributed by atoms with E-state index in [4.69, 9.17) is 9.47 Å². The topological polar surface area (TPSA) is 81.7 Å². The van der Waals surface area contributed by atoms with E-state index in [1.54, 1.807) is 48.5 Å². The van der Waals surface area contributed by atoms with Gasteiger partial charge < -0.3 is 14.8 Å². The van der Waals surface area contributed by atoms with Gasteiger partial charge in [-0.2, -0.15) is 0 Å². The molecule has 164 valence electrons. The summed E-state index contributed by atoms with van der Waals surface area (Å²) < 4.78 is 10.2. The van der Waals surface area contributed by atoms with E-state index in [-0.39, 0.29) is 12.2 Å². The summed E-state index contributed by atoms with van der Waals surface area (Å²) >= 11 is 0. The van der Waals surface area contributed by atoms with E-state index < -0.39 is 24.0 Å². The number of methoxy groups -OCH3 is 2. The molecule has 0 saturated carbocycles. The van der Waals surface area contributed by atoms with Gasteiger partial charge in [-0.25, -0.2) is 4.79 Å². The zero-order valence-electron chi connectivity index (χ0n) is 18.0. The molecule has 0 aliphatic heterocycles. The van der Waals surface area contributed by atoms with Crippen molar-refractivity contribution in [3.8, 4) is 0 Å². The lowest BCUT2D eigenvalue weighted by atomic mass is 9.99. The second-order valence-corrected chi connectivity index (χ2v) is 7.21. The van der Waals surface area contributed by atoms with Crippen molar-refractivity contribution in [1.82, 2.24) is 5.32 Å². The SMILES string of the molecule is COC(=O)[C@@H](Cc1ccc(C(=O)c2ccccc2)cc1)NC(=O)[C@H](OC)c1ccccc1. The van der Waals surface area contributed by atoms with E-state index in [2.05, 4.69) is 5.32 Å². The maximum atomic E-state index is 12.8. The molecule has 0 radical (unpaired) electrons. The van der Waals surface area contributed by atoms with Crippen LogP contribution in [-0.4, -0.2) is 37.9 Å². The highest BCUT2D eigenvalue weighted by molar-refractivity contribution is 6.08. The molecule has 3 rings (SSSR count). The van der Waals surface area contributed by atoms with Crippen LogP contribution in [0.2, 0.25) is 0 Å². The third-order valence-corrected chi connectivity index (χ3v) is 5.07. The molecule has 0 fully saturated rings. The summed E-state index contributed by atoms with van der Waals surface area (Å²) in [6.07, 6.45) is -0.641. The fourth-order valence-corrected chi connectivity index (χ4v) is 3.39. The van der Waals surface area contributed by atoms with Gasteiger partial charge >= 0.3 is 5.97 Å². The molecule has 0 aliphatic rings. The van der Waals surface area contributed by atoms with Gasteiger partial charge in [0.05, 0.1) is 7.11 Å². The summed E-state index contributed by atoms with van der Waals surface area (Å²) in [6, 6.07) is 24.1. The molecule has 6 heteroatoms. The molecule has 0 bridgehead atoms. The molecule has 1 N–H and O–H groups in total. The molecule has 0 aromatic heterocycles. The van der Waals surface area contributed by atoms with Crippen molar-refractivity contribution in [3.63, 3.8) is 0 Å². The van der Waals surface area contributed by atoms with Gasteiger partial charge in [0, 0.05) is 24.7 Å². The van der Waals surface area contributed by atoms with E-state index >= 15 is 0 Å². The minimum absolute atomic E-state index is 0.0826. The van der Waals surface area contributed by atoms with Crippen LogP contribution in [-0.2, 0) is 25.5 Å². The number of hydrogen-bond acceptors (Lipinski definition) is 5. The minimum atomic E-state index is -0.899. The Kier molecular flexibility index (Phi) is 7.89. The highest BCUT2D eigenvalue weighted by Crippen LogP contribution is 2.18. The second kappa shape index (κ2) is 11.0. The van der Waals surface area contributed by atoms with Crippen LogP contribution in [0.5, 0.6) is 0 Å². The van der Waals surface area contributed by atoms with Gasteiger partial charge in [-0.05, 0) is 11.1 Å². The number of rotatable bonds is 9. The first kappa shape index (κ1) is 22.9. The second-order valence-electron chi connectivity index (χ2n) is 7.21. The van der Waals surface area contributed by atoms with E-state index in [0.717, 1.165) is 5.56 Å². The van der Waals surface area contributed by atoms with Crippen LogP contribution in [0.15, 0.2) is 84.9 Å². The van der Waals surface area contributed by atoms with Crippen LogP contribution in [0.3, 0.4) is 0 Å². The Bertz CT molecular complexity index is 1050. The van der Waals surface area contributed by atoms with Gasteiger partial charge in [0.25, 0.3) is 5.91 Å². The molecule has 32 heavy (non-hydrogen) atoms. The van der Waals surface area contributed by atoms with Crippen molar-refractivity contribution in [2.45, 2.75) is 18.6 Å². The number of hydrogen-bond donors (Lipinski definition) is 1. The molecule has 3 aromatic carbocycles. The molecule has 0 unspecified atom stereocenters. The van der Waals surface area contributed by atoms with Crippen molar-refractivity contribution >= 4 is 17.7 Å². The predicted octanol–water partition coefficient (Wildman–Crippen LogP) is 3.51. The van der Waals surface area contributed by atoms with E-state index in [9.17, 15) is 14.4 Å². The van der Waals surface area contributed by atoms with Crippen LogP contribution in [0, 0.1) is 0 Å². The first-order valence-electron chi connectivity index (χ1n) is 10.2. The van der Waals surface area contributed by atoms with Crippen LogP contribution in [0.1, 0.15) is 33.2 Å². The number of benzene rings is 3. The van der Waals surface area contributed by atoms with E-state index in [1.165, 1.54) is 14.2 Å². The summed E-state index contributed by atoms with van der Waals surface area (Å²) in [5.74, 6) is -1.09.